The maximum Gasteiger partial charge on any atom is 0.102 e. The minimum absolute atomic E-state index is 0.436. The molecule has 1 spiro atoms. The molecule has 0 nitrogen and oxygen atoms in total. The van der Waals surface area contributed by atoms with Crippen molar-refractivity contribution in [3.8, 4) is 11.1 Å². The molecule has 2 aliphatic rings. The lowest BCUT2D eigenvalue weighted by atomic mass is 9.65. The monoisotopic (exact) mass is 410 g/mol. The number of benzene rings is 4. The van der Waals surface area contributed by atoms with Crippen LogP contribution in [0.25, 0.3) is 21.9 Å². The Morgan fingerprint density at radius 3 is 2.35 bits per heavy atom. The molecule has 0 amide bonds. The molecule has 2 heteroatoms. The number of hydrogen-bond acceptors (Lipinski definition) is 1. The number of allylic oxidation sites excluding steroid dienone is 3. The van der Waals surface area contributed by atoms with Crippen LogP contribution in [0.5, 0.6) is 0 Å². The van der Waals surface area contributed by atoms with Crippen LogP contribution in [0.2, 0.25) is 0 Å². The molecule has 6 rings (SSSR count). The highest BCUT2D eigenvalue weighted by Gasteiger charge is 2.51. The van der Waals surface area contributed by atoms with Gasteiger partial charge < -0.3 is 0 Å². The Morgan fingerprint density at radius 2 is 1.52 bits per heavy atom. The molecular weight excluding hydrogens is 391 g/mol. The van der Waals surface area contributed by atoms with Crippen LogP contribution >= 0.6 is 11.8 Å². The molecule has 2 radical (unpaired) electrons. The smallest absolute Gasteiger partial charge is 0.102 e. The Labute approximate surface area is 188 Å². The third-order valence-corrected chi connectivity index (χ3v) is 7.74. The van der Waals surface area contributed by atoms with Crippen LogP contribution in [0.4, 0.5) is 0 Å². The van der Waals surface area contributed by atoms with Gasteiger partial charge in [-0.3, -0.25) is 0 Å². The van der Waals surface area contributed by atoms with Gasteiger partial charge >= 0.3 is 0 Å². The van der Waals surface area contributed by atoms with E-state index in [1.54, 1.807) is 17.7 Å². The maximum absolute atomic E-state index is 6.04. The van der Waals surface area contributed by atoms with E-state index in [0.29, 0.717) is 0 Å². The first-order chi connectivity index (χ1) is 15.3. The van der Waals surface area contributed by atoms with Crippen LogP contribution in [-0.2, 0) is 5.41 Å². The summed E-state index contributed by atoms with van der Waals surface area (Å²) in [7, 11) is 6.04. The molecule has 1 heterocycles. The molecule has 4 aromatic rings. The van der Waals surface area contributed by atoms with E-state index >= 15 is 0 Å². The maximum atomic E-state index is 6.04. The Morgan fingerprint density at radius 1 is 0.774 bits per heavy atom. The van der Waals surface area contributed by atoms with E-state index in [0.717, 1.165) is 4.91 Å². The Bertz CT molecular complexity index is 1440. The van der Waals surface area contributed by atoms with E-state index < -0.39 is 5.41 Å². The van der Waals surface area contributed by atoms with Crippen molar-refractivity contribution >= 4 is 30.4 Å². The molecule has 4 aromatic carbocycles. The van der Waals surface area contributed by atoms with E-state index in [4.69, 9.17) is 7.85 Å². The number of hydrogen-bond donors (Lipinski definition) is 0. The summed E-state index contributed by atoms with van der Waals surface area (Å²) in [5, 5.41) is 2.53. The molecule has 0 bridgehead atoms. The van der Waals surface area contributed by atoms with Crippen molar-refractivity contribution in [3.05, 3.63) is 137 Å². The van der Waals surface area contributed by atoms with Crippen molar-refractivity contribution in [2.45, 2.75) is 10.3 Å². The molecule has 0 fully saturated rings. The van der Waals surface area contributed by atoms with Crippen LogP contribution in [0.3, 0.4) is 0 Å². The van der Waals surface area contributed by atoms with Crippen molar-refractivity contribution in [1.82, 2.24) is 0 Å². The molecule has 144 valence electrons. The van der Waals surface area contributed by atoms with Crippen LogP contribution < -0.4 is 0 Å². The second kappa shape index (κ2) is 6.90. The lowest BCUT2D eigenvalue weighted by Gasteiger charge is -2.40. The van der Waals surface area contributed by atoms with Gasteiger partial charge in [0.05, 0.1) is 5.41 Å². The van der Waals surface area contributed by atoms with Crippen LogP contribution in [0.15, 0.2) is 125 Å². The van der Waals surface area contributed by atoms with Crippen LogP contribution in [0, 0.1) is 0 Å². The normalized spacial score (nSPS) is 19.0. The third kappa shape index (κ3) is 2.34. The molecule has 1 aliphatic carbocycles. The summed E-state index contributed by atoms with van der Waals surface area (Å²) in [5.74, 6) is 1.67. The van der Waals surface area contributed by atoms with Crippen LogP contribution in [0.1, 0.15) is 16.7 Å². The van der Waals surface area contributed by atoms with Crippen molar-refractivity contribution in [1.29, 1.82) is 0 Å². The molecule has 1 atom stereocenters. The summed E-state index contributed by atoms with van der Waals surface area (Å²) < 4.78 is 0. The highest BCUT2D eigenvalue weighted by atomic mass is 32.2. The molecule has 0 saturated carbocycles. The SMILES string of the molecule is [B]/C=C\C1=C(C=C)Sc2ccccc2C12c1ccccc1-c1ccc3ccccc3c12. The summed E-state index contributed by atoms with van der Waals surface area (Å²) in [6, 6.07) is 30.8. The first-order valence-electron chi connectivity index (χ1n) is 10.5. The largest absolute Gasteiger partial charge is 0.131 e. The van der Waals surface area contributed by atoms with Gasteiger partial charge in [-0.05, 0) is 50.2 Å². The van der Waals surface area contributed by atoms with Gasteiger partial charge in [-0.25, -0.2) is 0 Å². The van der Waals surface area contributed by atoms with Gasteiger partial charge in [0.25, 0.3) is 0 Å². The van der Waals surface area contributed by atoms with Gasteiger partial charge in [0.2, 0.25) is 0 Å². The summed E-state index contributed by atoms with van der Waals surface area (Å²) in [6.45, 7) is 4.17. The average molecular weight is 410 g/mol. The fraction of sp³-hybridized carbons (Fsp3) is 0.0345. The Kier molecular flexibility index (Phi) is 4.13. The lowest BCUT2D eigenvalue weighted by molar-refractivity contribution is 0.747. The van der Waals surface area contributed by atoms with E-state index in [2.05, 4.69) is 97.6 Å². The summed E-state index contributed by atoms with van der Waals surface area (Å²) >= 11 is 1.78. The van der Waals surface area contributed by atoms with Crippen molar-refractivity contribution in [3.63, 3.8) is 0 Å². The molecule has 0 aromatic heterocycles. The predicted molar refractivity (Wildman–Crippen MR) is 134 cm³/mol. The topological polar surface area (TPSA) is 0 Å². The van der Waals surface area contributed by atoms with Gasteiger partial charge in [-0.1, -0.05) is 109 Å². The van der Waals surface area contributed by atoms with Crippen molar-refractivity contribution < 1.29 is 0 Å². The third-order valence-electron chi connectivity index (χ3n) is 6.55. The first-order valence-corrected chi connectivity index (χ1v) is 11.3. The van der Waals surface area contributed by atoms with Gasteiger partial charge in [-0.15, -0.1) is 5.98 Å². The van der Waals surface area contributed by atoms with E-state index in [1.165, 1.54) is 49.1 Å². The Hall–Kier alpha value is -3.23. The number of fused-ring (bicyclic) bond motifs is 9. The van der Waals surface area contributed by atoms with Crippen molar-refractivity contribution in [2.24, 2.45) is 0 Å². The zero-order chi connectivity index (χ0) is 21.0. The van der Waals surface area contributed by atoms with Gasteiger partial charge in [0.15, 0.2) is 0 Å². The molecule has 1 aliphatic heterocycles. The molecule has 1 unspecified atom stereocenters. The number of rotatable bonds is 2. The minimum atomic E-state index is -0.436. The fourth-order valence-corrected chi connectivity index (χ4v) is 6.59. The zero-order valence-electron chi connectivity index (χ0n) is 17.0. The zero-order valence-corrected chi connectivity index (χ0v) is 17.8. The molecular formula is C29H19BS. The molecule has 0 saturated heterocycles. The minimum Gasteiger partial charge on any atom is -0.131 e. The predicted octanol–water partition coefficient (Wildman–Crippen LogP) is 7.38. The molecule has 31 heavy (non-hydrogen) atoms. The Balaban J connectivity index is 1.91. The van der Waals surface area contributed by atoms with Gasteiger partial charge in [0.1, 0.15) is 7.85 Å². The fourth-order valence-electron chi connectivity index (χ4n) is 5.46. The first kappa shape index (κ1) is 18.5. The highest BCUT2D eigenvalue weighted by Crippen LogP contribution is 2.63. The van der Waals surface area contributed by atoms with E-state index in [9.17, 15) is 0 Å². The van der Waals surface area contributed by atoms with Gasteiger partial charge in [-0.2, -0.15) is 0 Å². The lowest BCUT2D eigenvalue weighted by Crippen LogP contribution is -2.32. The summed E-state index contributed by atoms with van der Waals surface area (Å²) in [5.41, 5.74) is 7.29. The van der Waals surface area contributed by atoms with E-state index in [1.807, 2.05) is 6.08 Å². The average Bonchev–Trinajstić information content (AvgIpc) is 3.12. The van der Waals surface area contributed by atoms with Crippen LogP contribution in [-0.4, -0.2) is 7.85 Å². The second-order valence-corrected chi connectivity index (χ2v) is 9.03. The number of thioether (sulfide) groups is 1. The molecule has 0 N–H and O–H groups in total. The standard InChI is InChI=1S/C29H19BS/c1-2-26-25(17-18-30)29(24-13-7-8-14-27(24)31-26)23-12-6-5-11-21(23)22-16-15-19-9-3-4-10-20(19)28(22)29/h2-18H,1H2/b18-17-. The second-order valence-electron chi connectivity index (χ2n) is 7.94. The van der Waals surface area contributed by atoms with Crippen molar-refractivity contribution in [2.75, 3.05) is 0 Å². The summed E-state index contributed by atoms with van der Waals surface area (Å²) in [6.07, 6.45) is 4.05. The highest BCUT2D eigenvalue weighted by molar-refractivity contribution is 8.03. The van der Waals surface area contributed by atoms with Gasteiger partial charge in [0, 0.05) is 9.80 Å². The van der Waals surface area contributed by atoms with E-state index in [-0.39, 0.29) is 0 Å². The summed E-state index contributed by atoms with van der Waals surface area (Å²) in [4.78, 5) is 2.41. The quantitative estimate of drug-likeness (QED) is 0.311.